The molecule has 0 bridgehead atoms. The molecule has 1 aliphatic carbocycles. The van der Waals surface area contributed by atoms with Crippen LogP contribution in [0.25, 0.3) is 10.9 Å². The van der Waals surface area contributed by atoms with Crippen LogP contribution in [-0.2, 0) is 12.8 Å². The third-order valence-corrected chi connectivity index (χ3v) is 5.46. The van der Waals surface area contributed by atoms with Crippen LogP contribution >= 0.6 is 0 Å². The van der Waals surface area contributed by atoms with Crippen molar-refractivity contribution in [2.75, 3.05) is 24.5 Å². The number of nitrogens with one attached hydrogen (secondary N) is 1. The van der Waals surface area contributed by atoms with E-state index >= 15 is 0 Å². The molecule has 0 atom stereocenters. The first-order valence-corrected chi connectivity index (χ1v) is 9.24. The molecule has 2 heterocycles. The lowest BCUT2D eigenvalue weighted by molar-refractivity contribution is -0.126. The second kappa shape index (κ2) is 6.68. The minimum absolute atomic E-state index is 0.0994. The van der Waals surface area contributed by atoms with Gasteiger partial charge >= 0.3 is 6.18 Å². The van der Waals surface area contributed by atoms with Crippen molar-refractivity contribution in [3.63, 3.8) is 0 Å². The number of aromatic nitrogens is 2. The summed E-state index contributed by atoms with van der Waals surface area (Å²) in [6.07, 6.45) is 0.617. The molecule has 1 aromatic carbocycles. The SMILES string of the molecule is Cc1nc(N2CCC(NCC(F)(F)F)CC2)nc2cc3c(cc12)CCC3. The van der Waals surface area contributed by atoms with E-state index in [9.17, 15) is 13.2 Å². The van der Waals surface area contributed by atoms with E-state index in [2.05, 4.69) is 27.3 Å². The molecule has 2 aliphatic rings. The van der Waals surface area contributed by atoms with Crippen LogP contribution in [0.15, 0.2) is 12.1 Å². The molecule has 1 N–H and O–H groups in total. The number of hydrogen-bond acceptors (Lipinski definition) is 4. The highest BCUT2D eigenvalue weighted by Gasteiger charge is 2.29. The van der Waals surface area contributed by atoms with Crippen molar-refractivity contribution in [2.24, 2.45) is 0 Å². The lowest BCUT2D eigenvalue weighted by Crippen LogP contribution is -2.45. The van der Waals surface area contributed by atoms with E-state index in [0.717, 1.165) is 29.4 Å². The molecular formula is C19H23F3N4. The molecule has 0 radical (unpaired) electrons. The second-order valence-electron chi connectivity index (χ2n) is 7.36. The van der Waals surface area contributed by atoms with Crippen LogP contribution in [0.2, 0.25) is 0 Å². The average molecular weight is 364 g/mol. The number of aryl methyl sites for hydroxylation is 3. The lowest BCUT2D eigenvalue weighted by Gasteiger charge is -2.33. The van der Waals surface area contributed by atoms with E-state index in [1.165, 1.54) is 17.5 Å². The summed E-state index contributed by atoms with van der Waals surface area (Å²) in [5.41, 5.74) is 4.74. The summed E-state index contributed by atoms with van der Waals surface area (Å²) in [7, 11) is 0. The van der Waals surface area contributed by atoms with Crippen LogP contribution < -0.4 is 10.2 Å². The first-order chi connectivity index (χ1) is 12.4. The third kappa shape index (κ3) is 3.63. The molecule has 26 heavy (non-hydrogen) atoms. The summed E-state index contributed by atoms with van der Waals surface area (Å²) < 4.78 is 37.0. The molecule has 140 valence electrons. The van der Waals surface area contributed by atoms with Crippen LogP contribution in [-0.4, -0.2) is 41.8 Å². The van der Waals surface area contributed by atoms with E-state index < -0.39 is 12.7 Å². The van der Waals surface area contributed by atoms with E-state index in [4.69, 9.17) is 4.98 Å². The number of rotatable bonds is 3. The number of fused-ring (bicyclic) bond motifs is 2. The first-order valence-electron chi connectivity index (χ1n) is 9.24. The molecule has 4 nitrogen and oxygen atoms in total. The number of hydrogen-bond donors (Lipinski definition) is 1. The number of piperidine rings is 1. The predicted octanol–water partition coefficient (Wildman–Crippen LogP) is 3.55. The molecule has 1 fully saturated rings. The van der Waals surface area contributed by atoms with Gasteiger partial charge in [-0.05, 0) is 62.3 Å². The Morgan fingerprint density at radius 1 is 1.12 bits per heavy atom. The maximum absolute atomic E-state index is 12.3. The fourth-order valence-corrected chi connectivity index (χ4v) is 4.02. The normalized spacial score (nSPS) is 18.5. The Labute approximate surface area is 150 Å². The zero-order valence-electron chi connectivity index (χ0n) is 14.9. The molecule has 2 aromatic rings. The van der Waals surface area contributed by atoms with Crippen LogP contribution in [0.4, 0.5) is 19.1 Å². The van der Waals surface area contributed by atoms with Gasteiger partial charge in [0.1, 0.15) is 0 Å². The van der Waals surface area contributed by atoms with Crippen LogP contribution in [0, 0.1) is 6.92 Å². The van der Waals surface area contributed by atoms with E-state index in [-0.39, 0.29) is 6.04 Å². The van der Waals surface area contributed by atoms with Crippen molar-refractivity contribution in [3.05, 3.63) is 29.0 Å². The number of benzene rings is 1. The Balaban J connectivity index is 1.48. The average Bonchev–Trinajstić information content (AvgIpc) is 3.05. The van der Waals surface area contributed by atoms with Gasteiger partial charge in [0.05, 0.1) is 17.8 Å². The number of alkyl halides is 3. The molecule has 0 amide bonds. The minimum atomic E-state index is -4.16. The minimum Gasteiger partial charge on any atom is -0.341 e. The first kappa shape index (κ1) is 17.5. The van der Waals surface area contributed by atoms with E-state index in [1.54, 1.807) is 0 Å². The fraction of sp³-hybridized carbons (Fsp3) is 0.579. The second-order valence-corrected chi connectivity index (χ2v) is 7.36. The summed E-state index contributed by atoms with van der Waals surface area (Å²) in [6, 6.07) is 4.31. The summed E-state index contributed by atoms with van der Waals surface area (Å²) in [5.74, 6) is 0.696. The Hall–Kier alpha value is -1.89. The van der Waals surface area contributed by atoms with Crippen LogP contribution in [0.1, 0.15) is 36.1 Å². The van der Waals surface area contributed by atoms with Crippen molar-refractivity contribution < 1.29 is 13.2 Å². The van der Waals surface area contributed by atoms with E-state index in [1.807, 2.05) is 6.92 Å². The molecule has 7 heteroatoms. The van der Waals surface area contributed by atoms with Crippen molar-refractivity contribution in [2.45, 2.75) is 51.2 Å². The highest BCUT2D eigenvalue weighted by Crippen LogP contribution is 2.29. The lowest BCUT2D eigenvalue weighted by atomic mass is 10.0. The number of nitrogens with zero attached hydrogens (tertiary/aromatic N) is 3. The third-order valence-electron chi connectivity index (χ3n) is 5.46. The molecular weight excluding hydrogens is 341 g/mol. The molecule has 1 aromatic heterocycles. The van der Waals surface area contributed by atoms with Gasteiger partial charge < -0.3 is 10.2 Å². The van der Waals surface area contributed by atoms with Crippen LogP contribution in [0.5, 0.6) is 0 Å². The zero-order valence-corrected chi connectivity index (χ0v) is 14.9. The quantitative estimate of drug-likeness (QED) is 0.904. The standard InChI is InChI=1S/C19H23F3N4/c1-12-16-9-13-3-2-4-14(13)10-17(16)25-18(24-12)26-7-5-15(6-8-26)23-11-19(20,21)22/h9-10,15,23H,2-8,11H2,1H3. The Kier molecular flexibility index (Phi) is 4.50. The van der Waals surface area contributed by atoms with E-state index in [0.29, 0.717) is 31.9 Å². The Morgan fingerprint density at radius 2 is 1.81 bits per heavy atom. The maximum atomic E-state index is 12.3. The van der Waals surface area contributed by atoms with Gasteiger partial charge in [0.25, 0.3) is 0 Å². The molecule has 1 aliphatic heterocycles. The predicted molar refractivity (Wildman–Crippen MR) is 95.6 cm³/mol. The van der Waals surface area contributed by atoms with Gasteiger partial charge in [0.2, 0.25) is 5.95 Å². The number of anilines is 1. The maximum Gasteiger partial charge on any atom is 0.401 e. The van der Waals surface area contributed by atoms with Gasteiger partial charge in [-0.1, -0.05) is 0 Å². The highest BCUT2D eigenvalue weighted by atomic mass is 19.4. The summed E-state index contributed by atoms with van der Waals surface area (Å²) >= 11 is 0. The summed E-state index contributed by atoms with van der Waals surface area (Å²) in [6.45, 7) is 2.43. The van der Waals surface area contributed by atoms with Crippen molar-refractivity contribution >= 4 is 16.9 Å². The summed E-state index contributed by atoms with van der Waals surface area (Å²) in [4.78, 5) is 11.5. The topological polar surface area (TPSA) is 41.1 Å². The van der Waals surface area contributed by atoms with Crippen LogP contribution in [0.3, 0.4) is 0 Å². The molecule has 1 saturated heterocycles. The zero-order chi connectivity index (χ0) is 18.3. The molecule has 4 rings (SSSR count). The van der Waals surface area contributed by atoms with Gasteiger partial charge in [-0.3, -0.25) is 0 Å². The Bertz CT molecular complexity index is 811. The largest absolute Gasteiger partial charge is 0.401 e. The van der Waals surface area contributed by atoms with Gasteiger partial charge in [0.15, 0.2) is 0 Å². The Morgan fingerprint density at radius 3 is 2.50 bits per heavy atom. The molecule has 0 unspecified atom stereocenters. The summed E-state index contributed by atoms with van der Waals surface area (Å²) in [5, 5.41) is 3.72. The molecule has 0 saturated carbocycles. The monoisotopic (exact) mass is 364 g/mol. The highest BCUT2D eigenvalue weighted by molar-refractivity contribution is 5.84. The van der Waals surface area contributed by atoms with Gasteiger partial charge in [-0.25, -0.2) is 9.97 Å². The van der Waals surface area contributed by atoms with Crippen molar-refractivity contribution in [3.8, 4) is 0 Å². The molecule has 0 spiro atoms. The van der Waals surface area contributed by atoms with Gasteiger partial charge in [-0.15, -0.1) is 0 Å². The van der Waals surface area contributed by atoms with Crippen molar-refractivity contribution in [1.82, 2.24) is 15.3 Å². The van der Waals surface area contributed by atoms with Gasteiger partial charge in [0, 0.05) is 24.5 Å². The van der Waals surface area contributed by atoms with Crippen molar-refractivity contribution in [1.29, 1.82) is 0 Å². The van der Waals surface area contributed by atoms with Gasteiger partial charge in [-0.2, -0.15) is 13.2 Å². The fourth-order valence-electron chi connectivity index (χ4n) is 4.02. The number of halogens is 3. The smallest absolute Gasteiger partial charge is 0.341 e.